The summed E-state index contributed by atoms with van der Waals surface area (Å²) in [6, 6.07) is 0. The van der Waals surface area contributed by atoms with Gasteiger partial charge in [0, 0.05) is 6.54 Å². The summed E-state index contributed by atoms with van der Waals surface area (Å²) in [6.45, 7) is 0.121. The number of alkyl halides is 3. The molecule has 0 unspecified atom stereocenters. The van der Waals surface area contributed by atoms with E-state index >= 15 is 0 Å². The van der Waals surface area contributed by atoms with Crippen LogP contribution in [0.15, 0.2) is 0 Å². The Morgan fingerprint density at radius 3 is 2.12 bits per heavy atom. The van der Waals surface area contributed by atoms with E-state index in [9.17, 15) is 30.0 Å². The zero-order valence-electron chi connectivity index (χ0n) is 8.82. The molecule has 104 valence electrons. The van der Waals surface area contributed by atoms with Crippen LogP contribution in [0.4, 0.5) is 13.2 Å². The van der Waals surface area contributed by atoms with E-state index in [1.165, 1.54) is 4.72 Å². The predicted octanol–water partition coefficient (Wildman–Crippen LogP) is 0.182. The smallest absolute Gasteiger partial charge is 0.269 e. The number of nitrogens with one attached hydrogen (secondary N) is 1. The van der Waals surface area contributed by atoms with Crippen molar-refractivity contribution in [1.82, 2.24) is 4.72 Å². The third kappa shape index (κ3) is 6.19. The molecule has 0 aliphatic heterocycles. The van der Waals surface area contributed by atoms with Gasteiger partial charge >= 0.3 is 15.5 Å². The Morgan fingerprint density at radius 2 is 1.71 bits per heavy atom. The average Bonchev–Trinajstić information content (AvgIpc) is 2.10. The zero-order valence-corrected chi connectivity index (χ0v) is 10.5. The Hall–Kier alpha value is -0.390. The highest BCUT2D eigenvalue weighted by Crippen LogP contribution is 2.21. The second-order valence-corrected chi connectivity index (χ2v) is 6.45. The van der Waals surface area contributed by atoms with Gasteiger partial charge in [0.25, 0.3) is 10.1 Å². The van der Waals surface area contributed by atoms with Crippen LogP contribution in [0.1, 0.15) is 13.3 Å². The molecule has 0 aliphatic rings. The van der Waals surface area contributed by atoms with Gasteiger partial charge in [-0.2, -0.15) is 21.6 Å². The lowest BCUT2D eigenvalue weighted by Crippen LogP contribution is -2.38. The van der Waals surface area contributed by atoms with Gasteiger partial charge in [-0.3, -0.25) is 4.18 Å². The molecule has 1 N–H and O–H groups in total. The first kappa shape index (κ1) is 16.6. The maximum absolute atomic E-state index is 11.8. The number of sulfonamides is 1. The Kier molecular flexibility index (Phi) is 5.84. The molecule has 0 atom stereocenters. The molecule has 0 saturated carbocycles. The van der Waals surface area contributed by atoms with E-state index in [0.29, 0.717) is 0 Å². The third-order valence-electron chi connectivity index (χ3n) is 1.42. The van der Waals surface area contributed by atoms with Gasteiger partial charge in [-0.25, -0.2) is 13.1 Å². The monoisotopic (exact) mass is 299 g/mol. The fourth-order valence-corrected chi connectivity index (χ4v) is 2.21. The van der Waals surface area contributed by atoms with Gasteiger partial charge in [-0.15, -0.1) is 0 Å². The van der Waals surface area contributed by atoms with Crippen LogP contribution in [0, 0.1) is 0 Å². The van der Waals surface area contributed by atoms with Crippen molar-refractivity contribution in [2.75, 3.05) is 18.9 Å². The first-order valence-electron chi connectivity index (χ1n) is 4.45. The first-order chi connectivity index (χ1) is 7.52. The summed E-state index contributed by atoms with van der Waals surface area (Å²) < 4.78 is 83.6. The van der Waals surface area contributed by atoms with Gasteiger partial charge in [-0.05, 0) is 6.42 Å². The second kappa shape index (κ2) is 5.98. The minimum absolute atomic E-state index is 0.279. The van der Waals surface area contributed by atoms with Crippen molar-refractivity contribution in [3.05, 3.63) is 0 Å². The highest BCUT2D eigenvalue weighted by atomic mass is 32.2. The van der Waals surface area contributed by atoms with E-state index in [2.05, 4.69) is 4.18 Å². The number of hydrogen-bond donors (Lipinski definition) is 1. The van der Waals surface area contributed by atoms with E-state index in [1.807, 2.05) is 0 Å². The fourth-order valence-electron chi connectivity index (χ4n) is 0.735. The summed E-state index contributed by atoms with van der Waals surface area (Å²) in [5.41, 5.74) is -5.42. The van der Waals surface area contributed by atoms with E-state index < -0.39 is 38.8 Å². The molecule has 0 spiro atoms. The second-order valence-electron chi connectivity index (χ2n) is 2.93. The number of hydrogen-bond acceptors (Lipinski definition) is 5. The van der Waals surface area contributed by atoms with Gasteiger partial charge in [0.1, 0.15) is 0 Å². The number of rotatable bonds is 7. The molecule has 6 nitrogen and oxygen atoms in total. The quantitative estimate of drug-likeness (QED) is 0.535. The van der Waals surface area contributed by atoms with Crippen LogP contribution in [0.2, 0.25) is 0 Å². The zero-order chi connectivity index (χ0) is 13.7. The van der Waals surface area contributed by atoms with Gasteiger partial charge < -0.3 is 0 Å². The molecule has 0 radical (unpaired) electrons. The molecule has 0 saturated heterocycles. The lowest BCUT2D eigenvalue weighted by Gasteiger charge is -2.09. The van der Waals surface area contributed by atoms with Crippen LogP contribution in [-0.4, -0.2) is 41.2 Å². The molecule has 0 amide bonds. The van der Waals surface area contributed by atoms with Gasteiger partial charge in [0.2, 0.25) is 0 Å². The maximum atomic E-state index is 11.8. The standard InChI is InChI=1S/C6H12F3NO5S2/c1-2-5-16(11,12)15-4-3-10-17(13,14)6(7,8)9/h10H,2-5H2,1H3. The van der Waals surface area contributed by atoms with E-state index in [-0.39, 0.29) is 12.2 Å². The molecule has 17 heavy (non-hydrogen) atoms. The van der Waals surface area contributed by atoms with Crippen molar-refractivity contribution in [3.8, 4) is 0 Å². The van der Waals surface area contributed by atoms with Crippen LogP contribution in [0.25, 0.3) is 0 Å². The van der Waals surface area contributed by atoms with Crippen molar-refractivity contribution in [2.45, 2.75) is 18.9 Å². The topological polar surface area (TPSA) is 89.5 Å². The Labute approximate surface area is 97.3 Å². The summed E-state index contributed by atoms with van der Waals surface area (Å²) in [6.07, 6.45) is 0.288. The molecular weight excluding hydrogens is 287 g/mol. The van der Waals surface area contributed by atoms with Crippen molar-refractivity contribution in [1.29, 1.82) is 0 Å². The SMILES string of the molecule is CCCS(=O)(=O)OCCNS(=O)(=O)C(F)(F)F. The molecule has 0 aliphatic carbocycles. The molecule has 0 bridgehead atoms. The van der Waals surface area contributed by atoms with Crippen molar-refractivity contribution in [3.63, 3.8) is 0 Å². The summed E-state index contributed by atoms with van der Waals surface area (Å²) in [5, 5.41) is 0. The first-order valence-corrected chi connectivity index (χ1v) is 7.51. The van der Waals surface area contributed by atoms with Crippen molar-refractivity contribution in [2.24, 2.45) is 0 Å². The molecular formula is C6H12F3NO5S2. The third-order valence-corrected chi connectivity index (χ3v) is 4.04. The van der Waals surface area contributed by atoms with Crippen LogP contribution in [0.3, 0.4) is 0 Å². The largest absolute Gasteiger partial charge is 0.511 e. The molecule has 0 aromatic heterocycles. The van der Waals surface area contributed by atoms with E-state index in [4.69, 9.17) is 0 Å². The van der Waals surface area contributed by atoms with E-state index in [0.717, 1.165) is 0 Å². The summed E-state index contributed by atoms with van der Waals surface area (Å²) in [5.74, 6) is -0.279. The van der Waals surface area contributed by atoms with Crippen molar-refractivity contribution < 1.29 is 34.2 Å². The fraction of sp³-hybridized carbons (Fsp3) is 1.00. The summed E-state index contributed by atoms with van der Waals surface area (Å²) in [7, 11) is -9.25. The molecule has 0 fully saturated rings. The molecule has 0 aromatic rings. The molecule has 11 heteroatoms. The Morgan fingerprint density at radius 1 is 1.18 bits per heavy atom. The average molecular weight is 299 g/mol. The maximum Gasteiger partial charge on any atom is 0.511 e. The summed E-state index contributed by atoms with van der Waals surface area (Å²) >= 11 is 0. The molecule has 0 aromatic carbocycles. The van der Waals surface area contributed by atoms with Crippen LogP contribution >= 0.6 is 0 Å². The summed E-state index contributed by atoms with van der Waals surface area (Å²) in [4.78, 5) is 0. The lowest BCUT2D eigenvalue weighted by molar-refractivity contribution is -0.0448. The highest BCUT2D eigenvalue weighted by Gasteiger charge is 2.45. The van der Waals surface area contributed by atoms with Crippen molar-refractivity contribution >= 4 is 20.1 Å². The van der Waals surface area contributed by atoms with Crippen LogP contribution in [-0.2, 0) is 24.3 Å². The lowest BCUT2D eigenvalue weighted by atomic mass is 10.6. The molecule has 0 heterocycles. The minimum Gasteiger partial charge on any atom is -0.269 e. The van der Waals surface area contributed by atoms with Gasteiger partial charge in [-0.1, -0.05) is 6.92 Å². The van der Waals surface area contributed by atoms with Crippen LogP contribution < -0.4 is 4.72 Å². The highest BCUT2D eigenvalue weighted by molar-refractivity contribution is 7.90. The predicted molar refractivity (Wildman–Crippen MR) is 53.0 cm³/mol. The Balaban J connectivity index is 4.12. The minimum atomic E-state index is -5.45. The number of halogens is 3. The Bertz CT molecular complexity index is 427. The normalized spacial score (nSPS) is 13.9. The van der Waals surface area contributed by atoms with Gasteiger partial charge in [0.15, 0.2) is 0 Å². The van der Waals surface area contributed by atoms with Crippen LogP contribution in [0.5, 0.6) is 0 Å². The molecule has 0 rings (SSSR count). The van der Waals surface area contributed by atoms with E-state index in [1.54, 1.807) is 6.92 Å². The van der Waals surface area contributed by atoms with Gasteiger partial charge in [0.05, 0.1) is 12.4 Å².